The van der Waals surface area contributed by atoms with Crippen molar-refractivity contribution in [3.05, 3.63) is 54.6 Å². The molecule has 3 aromatic heterocycles. The van der Waals surface area contributed by atoms with Crippen LogP contribution in [0, 0.1) is 0 Å². The lowest BCUT2D eigenvalue weighted by Gasteiger charge is -2.12. The molecular formula is C26H24F3N5O5. The fourth-order valence-electron chi connectivity index (χ4n) is 3.79. The van der Waals surface area contributed by atoms with Crippen LogP contribution in [0.25, 0.3) is 10.9 Å². The number of amides is 1. The first-order chi connectivity index (χ1) is 18.7. The molecule has 13 heteroatoms. The molecule has 3 heterocycles. The number of anilines is 1. The molecule has 1 aliphatic rings. The Kier molecular flexibility index (Phi) is 7.13. The number of fused-ring (bicyclic) bond motifs is 1. The van der Waals surface area contributed by atoms with E-state index in [1.165, 1.54) is 32.7 Å². The van der Waals surface area contributed by atoms with Gasteiger partial charge < -0.3 is 24.3 Å². The number of aromatic nitrogens is 4. The van der Waals surface area contributed by atoms with Crippen molar-refractivity contribution in [3.63, 3.8) is 0 Å². The predicted octanol–water partition coefficient (Wildman–Crippen LogP) is 5.55. The van der Waals surface area contributed by atoms with Gasteiger partial charge in [0.1, 0.15) is 17.3 Å². The van der Waals surface area contributed by atoms with Crippen molar-refractivity contribution in [2.75, 3.05) is 26.1 Å². The molecule has 5 rings (SSSR count). The molecular weight excluding hydrogens is 519 g/mol. The Bertz CT molecular complexity index is 1490. The highest BCUT2D eigenvalue weighted by molar-refractivity contribution is 6.04. The van der Waals surface area contributed by atoms with Crippen LogP contribution in [0.2, 0.25) is 0 Å². The molecule has 0 aliphatic heterocycles. The summed E-state index contributed by atoms with van der Waals surface area (Å²) in [5.74, 6) is 1.48. The summed E-state index contributed by atoms with van der Waals surface area (Å²) in [5.41, 5.74) is 0.528. The van der Waals surface area contributed by atoms with Gasteiger partial charge in [-0.1, -0.05) is 0 Å². The molecule has 1 amide bonds. The Morgan fingerprint density at radius 1 is 1.05 bits per heavy atom. The lowest BCUT2D eigenvalue weighted by Crippen LogP contribution is -2.17. The van der Waals surface area contributed by atoms with Crippen LogP contribution >= 0.6 is 0 Å². The number of methoxy groups -OCH3 is 2. The van der Waals surface area contributed by atoms with Gasteiger partial charge in [0.15, 0.2) is 22.9 Å². The first kappa shape index (κ1) is 26.1. The molecule has 1 N–H and O–H groups in total. The summed E-state index contributed by atoms with van der Waals surface area (Å²) in [4.78, 5) is 21.5. The van der Waals surface area contributed by atoms with Gasteiger partial charge in [-0.3, -0.25) is 14.5 Å². The molecule has 4 aromatic rings. The van der Waals surface area contributed by atoms with Gasteiger partial charge in [-0.15, -0.1) is 0 Å². The van der Waals surface area contributed by atoms with Crippen LogP contribution in [-0.2, 0) is 0 Å². The Balaban J connectivity index is 1.29. The first-order valence-corrected chi connectivity index (χ1v) is 12.0. The van der Waals surface area contributed by atoms with Gasteiger partial charge in [0.25, 0.3) is 5.91 Å². The van der Waals surface area contributed by atoms with Gasteiger partial charge in [-0.25, -0.2) is 4.98 Å². The third-order valence-corrected chi connectivity index (χ3v) is 5.89. The van der Waals surface area contributed by atoms with Crippen molar-refractivity contribution >= 4 is 22.6 Å². The maximum Gasteiger partial charge on any atom is 0.392 e. The molecule has 0 bridgehead atoms. The summed E-state index contributed by atoms with van der Waals surface area (Å²) in [6, 6.07) is 8.44. The summed E-state index contributed by atoms with van der Waals surface area (Å²) in [6.07, 6.45) is 0.717. The minimum absolute atomic E-state index is 0.0137. The Morgan fingerprint density at radius 2 is 1.82 bits per heavy atom. The molecule has 1 saturated carbocycles. The molecule has 0 spiro atoms. The molecule has 0 radical (unpaired) electrons. The smallest absolute Gasteiger partial charge is 0.392 e. The molecule has 0 saturated heterocycles. The number of pyridine rings is 2. The minimum atomic E-state index is -4.37. The normalized spacial score (nSPS) is 13.3. The lowest BCUT2D eigenvalue weighted by atomic mass is 10.2. The third-order valence-electron chi connectivity index (χ3n) is 5.89. The molecule has 0 atom stereocenters. The number of halogens is 3. The molecule has 1 aliphatic carbocycles. The zero-order chi connectivity index (χ0) is 27.6. The molecule has 1 aromatic carbocycles. The van der Waals surface area contributed by atoms with E-state index in [1.807, 2.05) is 0 Å². The van der Waals surface area contributed by atoms with Crippen molar-refractivity contribution in [2.45, 2.75) is 31.5 Å². The number of alkyl halides is 3. The monoisotopic (exact) mass is 543 g/mol. The van der Waals surface area contributed by atoms with Gasteiger partial charge in [-0.2, -0.15) is 18.3 Å². The number of carbonyl (C=O) groups is 1. The van der Waals surface area contributed by atoms with Crippen LogP contribution in [-0.4, -0.2) is 52.7 Å². The molecule has 1 fully saturated rings. The standard InChI is InChI=1S/C26H24F3N5O5/c1-36-20-11-17-18(12-21(20)37-2)30-9-7-19(17)39-16-5-6-23(31-13-16)32-25(35)24-22(38-10-8-26(27,28)29)14-34(33-24)15-3-4-15/h5-7,9,11-15H,3-4,8,10H2,1-2H3,(H,31,32,35). The second-order valence-electron chi connectivity index (χ2n) is 8.74. The summed E-state index contributed by atoms with van der Waals surface area (Å²) in [7, 11) is 3.07. The highest BCUT2D eigenvalue weighted by Crippen LogP contribution is 2.38. The van der Waals surface area contributed by atoms with Gasteiger partial charge in [0, 0.05) is 17.6 Å². The molecule has 0 unspecified atom stereocenters. The topological polar surface area (TPSA) is 110 Å². The Hall–Kier alpha value is -4.55. The van der Waals surface area contributed by atoms with Crippen LogP contribution in [0.15, 0.2) is 48.9 Å². The second kappa shape index (κ2) is 10.7. The number of carbonyl (C=O) groups excluding carboxylic acids is 1. The van der Waals surface area contributed by atoms with E-state index in [-0.39, 0.29) is 23.3 Å². The fraction of sp³-hybridized carbons (Fsp3) is 0.308. The van der Waals surface area contributed by atoms with Gasteiger partial charge in [-0.05, 0) is 37.1 Å². The summed E-state index contributed by atoms with van der Waals surface area (Å²) in [5, 5.41) is 7.53. The van der Waals surface area contributed by atoms with E-state index in [9.17, 15) is 18.0 Å². The van der Waals surface area contributed by atoms with Crippen LogP contribution < -0.4 is 24.3 Å². The van der Waals surface area contributed by atoms with E-state index < -0.39 is 25.1 Å². The largest absolute Gasteiger partial charge is 0.493 e. The van der Waals surface area contributed by atoms with Crippen molar-refractivity contribution in [1.29, 1.82) is 0 Å². The zero-order valence-electron chi connectivity index (χ0n) is 21.0. The number of nitrogens with one attached hydrogen (secondary N) is 1. The second-order valence-corrected chi connectivity index (χ2v) is 8.74. The summed E-state index contributed by atoms with van der Waals surface area (Å²) in [6.45, 7) is -0.618. The quantitative estimate of drug-likeness (QED) is 0.277. The van der Waals surface area contributed by atoms with Crippen LogP contribution in [0.5, 0.6) is 28.7 Å². The number of rotatable bonds is 10. The Labute approximate surface area is 220 Å². The van der Waals surface area contributed by atoms with E-state index in [0.717, 1.165) is 12.8 Å². The van der Waals surface area contributed by atoms with E-state index in [1.54, 1.807) is 35.1 Å². The van der Waals surface area contributed by atoms with Crippen LogP contribution in [0.3, 0.4) is 0 Å². The molecule has 204 valence electrons. The van der Waals surface area contributed by atoms with E-state index in [4.69, 9.17) is 18.9 Å². The number of nitrogens with zero attached hydrogens (tertiary/aromatic N) is 4. The first-order valence-electron chi connectivity index (χ1n) is 12.0. The average Bonchev–Trinajstić information content (AvgIpc) is 3.68. The van der Waals surface area contributed by atoms with Gasteiger partial charge in [0.2, 0.25) is 0 Å². The maximum atomic E-state index is 12.9. The van der Waals surface area contributed by atoms with Crippen molar-refractivity contribution in [3.8, 4) is 28.7 Å². The van der Waals surface area contributed by atoms with Crippen LogP contribution in [0.4, 0.5) is 19.0 Å². The number of benzene rings is 1. The van der Waals surface area contributed by atoms with Gasteiger partial charge in [0.05, 0.1) is 51.2 Å². The SMILES string of the molecule is COc1cc2nccc(Oc3ccc(NC(=O)c4nn(C5CC5)cc4OCCC(F)(F)F)nc3)c2cc1OC. The highest BCUT2D eigenvalue weighted by atomic mass is 19.4. The number of hydrogen-bond donors (Lipinski definition) is 1. The van der Waals surface area contributed by atoms with Crippen molar-refractivity contribution in [2.24, 2.45) is 0 Å². The maximum absolute atomic E-state index is 12.9. The Morgan fingerprint density at radius 3 is 2.49 bits per heavy atom. The summed E-state index contributed by atoms with van der Waals surface area (Å²) >= 11 is 0. The fourth-order valence-corrected chi connectivity index (χ4v) is 3.79. The van der Waals surface area contributed by atoms with Crippen LogP contribution in [0.1, 0.15) is 35.8 Å². The molecule has 39 heavy (non-hydrogen) atoms. The summed E-state index contributed by atoms with van der Waals surface area (Å²) < 4.78 is 61.1. The van der Waals surface area contributed by atoms with Crippen molar-refractivity contribution < 1.29 is 36.9 Å². The predicted molar refractivity (Wildman–Crippen MR) is 134 cm³/mol. The third kappa shape index (κ3) is 6.13. The lowest BCUT2D eigenvalue weighted by molar-refractivity contribution is -0.139. The molecule has 10 nitrogen and oxygen atoms in total. The van der Waals surface area contributed by atoms with E-state index in [2.05, 4.69) is 20.4 Å². The zero-order valence-corrected chi connectivity index (χ0v) is 21.0. The number of ether oxygens (including phenoxy) is 4. The van der Waals surface area contributed by atoms with E-state index in [0.29, 0.717) is 33.9 Å². The number of hydrogen-bond acceptors (Lipinski definition) is 8. The van der Waals surface area contributed by atoms with E-state index >= 15 is 0 Å². The van der Waals surface area contributed by atoms with Crippen molar-refractivity contribution in [1.82, 2.24) is 19.7 Å². The average molecular weight is 544 g/mol. The van der Waals surface area contributed by atoms with Gasteiger partial charge >= 0.3 is 6.18 Å². The minimum Gasteiger partial charge on any atom is -0.493 e. The highest BCUT2D eigenvalue weighted by Gasteiger charge is 2.30.